The number of nitrogens with two attached hydrogens (primary N) is 1. The highest BCUT2D eigenvalue weighted by Gasteiger charge is 2.44. The number of benzene rings is 2. The Bertz CT molecular complexity index is 2260. The quantitative estimate of drug-likeness (QED) is 0.213. The van der Waals surface area contributed by atoms with Gasteiger partial charge >= 0.3 is 12.1 Å². The van der Waals surface area contributed by atoms with Gasteiger partial charge in [-0.25, -0.2) is 14.8 Å². The highest BCUT2D eigenvalue weighted by atomic mass is 16.2. The lowest BCUT2D eigenvalue weighted by Crippen LogP contribution is -2.49. The molecule has 2 atom stereocenters. The molecule has 0 spiro atoms. The predicted octanol–water partition coefficient (Wildman–Crippen LogP) is 3.45. The van der Waals surface area contributed by atoms with Gasteiger partial charge in [0.1, 0.15) is 5.82 Å². The number of nitrogens with one attached hydrogen (secondary N) is 2. The Morgan fingerprint density at radius 1 is 0.900 bits per heavy atom. The highest BCUT2D eigenvalue weighted by Crippen LogP contribution is 2.40. The minimum absolute atomic E-state index is 0.0659. The maximum atomic E-state index is 13.2. The molecule has 17 heteroatoms. The fraction of sp³-hybridized carbons (Fsp3) is 0.488. The van der Waals surface area contributed by atoms with Gasteiger partial charge in [0.25, 0.3) is 11.8 Å². The number of fused-ring (bicyclic) bond motifs is 1. The first-order chi connectivity index (χ1) is 29.0. The molecule has 5 fully saturated rings. The predicted molar refractivity (Wildman–Crippen MR) is 227 cm³/mol. The number of amides is 7. The van der Waals surface area contributed by atoms with E-state index in [4.69, 9.17) is 10.7 Å². The zero-order chi connectivity index (χ0) is 41.7. The molecule has 1 unspecified atom stereocenters. The third kappa shape index (κ3) is 7.61. The summed E-state index contributed by atoms with van der Waals surface area (Å²) >= 11 is 0. The van der Waals surface area contributed by atoms with Crippen LogP contribution >= 0.6 is 0 Å². The van der Waals surface area contributed by atoms with Crippen LogP contribution in [0, 0.1) is 5.92 Å². The average Bonchev–Trinajstić information content (AvgIpc) is 3.93. The van der Waals surface area contributed by atoms with Gasteiger partial charge in [-0.05, 0) is 86.9 Å². The van der Waals surface area contributed by atoms with Crippen LogP contribution in [0.15, 0.2) is 48.7 Å². The second-order valence-corrected chi connectivity index (χ2v) is 17.0. The van der Waals surface area contributed by atoms with Crippen LogP contribution < -0.4 is 31.1 Å². The molecule has 314 valence electrons. The maximum absolute atomic E-state index is 13.2. The minimum Gasteiger partial charge on any atom is -0.371 e. The van der Waals surface area contributed by atoms with Crippen LogP contribution in [0.2, 0.25) is 0 Å². The van der Waals surface area contributed by atoms with Gasteiger partial charge in [0.2, 0.25) is 5.91 Å². The zero-order valence-electron chi connectivity index (χ0n) is 34.3. The lowest BCUT2D eigenvalue weighted by atomic mass is 9.89. The van der Waals surface area contributed by atoms with E-state index in [1.54, 1.807) is 23.0 Å². The van der Waals surface area contributed by atoms with Crippen LogP contribution in [-0.4, -0.2) is 144 Å². The molecule has 6 aliphatic heterocycles. The fourth-order valence-electron chi connectivity index (χ4n) is 9.83. The Balaban J connectivity index is 0.782. The molecule has 9 rings (SSSR count). The number of anilines is 5. The van der Waals surface area contributed by atoms with Crippen molar-refractivity contribution in [2.45, 2.75) is 56.9 Å². The van der Waals surface area contributed by atoms with Crippen molar-refractivity contribution in [1.29, 1.82) is 0 Å². The molecular formula is C43H53N12O5+. The number of rotatable bonds is 9. The number of urea groups is 2. The van der Waals surface area contributed by atoms with Crippen molar-refractivity contribution in [1.82, 2.24) is 30.0 Å². The van der Waals surface area contributed by atoms with Crippen LogP contribution in [0.1, 0.15) is 66.9 Å². The van der Waals surface area contributed by atoms with E-state index < -0.39 is 11.8 Å². The van der Waals surface area contributed by atoms with Gasteiger partial charge in [0.15, 0.2) is 28.6 Å². The second-order valence-electron chi connectivity index (χ2n) is 17.0. The largest absolute Gasteiger partial charge is 0.504 e. The van der Waals surface area contributed by atoms with Crippen LogP contribution in [-0.2, 0) is 9.59 Å². The topological polar surface area (TPSA) is 184 Å². The normalized spacial score (nSPS) is 24.1. The summed E-state index contributed by atoms with van der Waals surface area (Å²) in [6, 6.07) is 14.2. The molecule has 1 aromatic heterocycles. The summed E-state index contributed by atoms with van der Waals surface area (Å²) in [5.74, 6) is 0.479. The van der Waals surface area contributed by atoms with Crippen molar-refractivity contribution >= 4 is 69.9 Å². The number of aromatic nitrogens is 2. The number of likely N-dealkylation sites (N-methyl/N-ethyl adjacent to an activating group) is 1. The number of carbonyl (C=O) groups excluding carboxylic acids is 5. The molecule has 0 aliphatic carbocycles. The van der Waals surface area contributed by atoms with E-state index in [2.05, 4.69) is 42.5 Å². The third-order valence-corrected chi connectivity index (χ3v) is 13.2. The summed E-state index contributed by atoms with van der Waals surface area (Å²) in [4.78, 5) is 84.3. The molecule has 7 amide bonds. The van der Waals surface area contributed by atoms with Gasteiger partial charge in [-0.2, -0.15) is 14.3 Å². The zero-order valence-corrected chi connectivity index (χ0v) is 34.3. The minimum atomic E-state index is -0.652. The van der Waals surface area contributed by atoms with E-state index in [0.29, 0.717) is 41.4 Å². The van der Waals surface area contributed by atoms with Gasteiger partial charge in [-0.1, -0.05) is 12.1 Å². The van der Waals surface area contributed by atoms with Gasteiger partial charge in [0, 0.05) is 83.1 Å². The van der Waals surface area contributed by atoms with Crippen molar-refractivity contribution < 1.29 is 28.5 Å². The lowest BCUT2D eigenvalue weighted by Gasteiger charge is -2.37. The van der Waals surface area contributed by atoms with E-state index in [1.165, 1.54) is 10.1 Å². The number of hydrogen-bond acceptors (Lipinski definition) is 11. The smallest absolute Gasteiger partial charge is 0.371 e. The highest BCUT2D eigenvalue weighted by molar-refractivity contribution is 6.42. The van der Waals surface area contributed by atoms with Crippen molar-refractivity contribution in [3.63, 3.8) is 0 Å². The lowest BCUT2D eigenvalue weighted by molar-refractivity contribution is -0.323. The Labute approximate surface area is 349 Å². The Morgan fingerprint density at radius 3 is 2.43 bits per heavy atom. The Morgan fingerprint density at radius 2 is 1.70 bits per heavy atom. The number of carbonyl (C=O) groups is 5. The number of imide groups is 1. The second kappa shape index (κ2) is 16.2. The molecule has 2 aromatic carbocycles. The summed E-state index contributed by atoms with van der Waals surface area (Å²) in [7, 11) is 3.56. The molecule has 6 aliphatic rings. The van der Waals surface area contributed by atoms with Crippen molar-refractivity contribution in [2.75, 3.05) is 93.0 Å². The summed E-state index contributed by atoms with van der Waals surface area (Å²) in [5, 5.41) is 5.65. The summed E-state index contributed by atoms with van der Waals surface area (Å²) in [5.41, 5.74) is 10.7. The number of hydrogen-bond donors (Lipinski definition) is 3. The average molecular weight is 818 g/mol. The first kappa shape index (κ1) is 39.4. The van der Waals surface area contributed by atoms with Crippen molar-refractivity contribution in [2.24, 2.45) is 11.7 Å². The summed E-state index contributed by atoms with van der Waals surface area (Å²) in [6.07, 6.45) is 7.12. The van der Waals surface area contributed by atoms with Crippen molar-refractivity contribution in [3.05, 3.63) is 59.9 Å². The van der Waals surface area contributed by atoms with E-state index >= 15 is 0 Å². The maximum Gasteiger partial charge on any atom is 0.504 e. The molecule has 17 nitrogen and oxygen atoms in total. The molecule has 60 heavy (non-hydrogen) atoms. The monoisotopic (exact) mass is 817 g/mol. The number of nitrogens with zero attached hydrogens (tertiary/aromatic N) is 9. The van der Waals surface area contributed by atoms with Crippen LogP contribution in [0.3, 0.4) is 0 Å². The number of likely N-dealkylation sites (tertiary alicyclic amines) is 1. The van der Waals surface area contributed by atoms with Gasteiger partial charge in [0.05, 0.1) is 19.3 Å². The van der Waals surface area contributed by atoms with E-state index in [-0.39, 0.29) is 42.5 Å². The van der Waals surface area contributed by atoms with E-state index in [0.717, 1.165) is 102 Å². The SMILES string of the molecule is CN1CCN([C@@H]2CCCN(c3cnc(C(N)=O)c(Nc4ccc(C5CCN(CC6CCN(c7ccc8c(c7)N(C)C(=O)/[N+]8=C7/CCC(=O)NC7=O)C6)CC5)cc4)n3)C2)C1=O. The Hall–Kier alpha value is -6.10. The van der Waals surface area contributed by atoms with E-state index in [1.807, 2.05) is 42.3 Å². The standard InChI is InChI=1S/C43H52N12O5/c1-49-20-21-54(42(49)59)32-4-3-16-53(26-32)36-23-45-38(39(44)57)40(47-36)46-30-7-5-28(6-8-30)29-14-17-51(18-15-29)24-27-13-19-52(25-27)31-9-10-33-35(22-31)50(2)43(60)55(33)34-11-12-37(56)48-41(34)58/h5-10,22-23,27,29,32H,3-4,11-21,24-26H2,1-2H3,(H3-,44,46,47,48,56,57,58)/p+1/b55-34-/t27?,32-/m1/s1. The molecule has 0 bridgehead atoms. The van der Waals surface area contributed by atoms with Crippen molar-refractivity contribution in [3.8, 4) is 0 Å². The molecule has 0 saturated carbocycles. The van der Waals surface area contributed by atoms with Gasteiger partial charge < -0.3 is 35.6 Å². The first-order valence-electron chi connectivity index (χ1n) is 21.2. The summed E-state index contributed by atoms with van der Waals surface area (Å²) < 4.78 is 1.45. The number of primary amides is 1. The molecule has 7 heterocycles. The van der Waals surface area contributed by atoms with Crippen LogP contribution in [0.25, 0.3) is 0 Å². The summed E-state index contributed by atoms with van der Waals surface area (Å²) in [6.45, 7) is 7.90. The molecule has 3 aromatic rings. The molecular weight excluding hydrogens is 765 g/mol. The first-order valence-corrected chi connectivity index (χ1v) is 21.2. The van der Waals surface area contributed by atoms with Gasteiger partial charge in [-0.3, -0.25) is 19.7 Å². The molecule has 4 N–H and O–H groups in total. The fourth-order valence-corrected chi connectivity index (χ4v) is 9.83. The van der Waals surface area contributed by atoms with Crippen LogP contribution in [0.4, 0.5) is 44.0 Å². The molecule has 0 radical (unpaired) electrons. The molecule has 5 saturated heterocycles. The van der Waals surface area contributed by atoms with E-state index in [9.17, 15) is 24.0 Å². The Kier molecular flexibility index (Phi) is 10.6. The van der Waals surface area contributed by atoms with Gasteiger partial charge in [-0.15, -0.1) is 0 Å². The number of piperidine rings is 3. The third-order valence-electron chi connectivity index (χ3n) is 13.2. The van der Waals surface area contributed by atoms with Crippen LogP contribution in [0.5, 0.6) is 0 Å².